The van der Waals surface area contributed by atoms with Crippen molar-refractivity contribution in [3.05, 3.63) is 35.4 Å². The molecule has 0 aliphatic heterocycles. The highest BCUT2D eigenvalue weighted by atomic mass is 16.5. The van der Waals surface area contributed by atoms with E-state index in [1.54, 1.807) is 14.2 Å². The Morgan fingerprint density at radius 1 is 1.16 bits per heavy atom. The van der Waals surface area contributed by atoms with Crippen LogP contribution in [0.2, 0.25) is 0 Å². The van der Waals surface area contributed by atoms with Gasteiger partial charge in [-0.1, -0.05) is 24.3 Å². The molecule has 0 aromatic heterocycles. The topological polar surface area (TPSA) is 30.5 Å². The van der Waals surface area contributed by atoms with E-state index in [0.29, 0.717) is 12.0 Å². The second-order valence-corrected chi connectivity index (χ2v) is 5.60. The van der Waals surface area contributed by atoms with E-state index in [1.165, 1.54) is 30.4 Å². The third-order valence-corrected chi connectivity index (χ3v) is 3.93. The van der Waals surface area contributed by atoms with E-state index in [4.69, 9.17) is 9.47 Å². The van der Waals surface area contributed by atoms with Crippen molar-refractivity contribution in [2.24, 2.45) is 5.41 Å². The van der Waals surface area contributed by atoms with Crippen LogP contribution in [0.15, 0.2) is 24.3 Å². The van der Waals surface area contributed by atoms with Crippen LogP contribution in [-0.2, 0) is 22.6 Å². The zero-order valence-corrected chi connectivity index (χ0v) is 12.1. The fourth-order valence-electron chi connectivity index (χ4n) is 2.48. The van der Waals surface area contributed by atoms with Gasteiger partial charge < -0.3 is 14.8 Å². The minimum atomic E-state index is 0.514. The predicted molar refractivity (Wildman–Crippen MR) is 77.0 cm³/mol. The Morgan fingerprint density at radius 2 is 1.95 bits per heavy atom. The highest BCUT2D eigenvalue weighted by Crippen LogP contribution is 2.48. The lowest BCUT2D eigenvalue weighted by atomic mass is 10.0. The van der Waals surface area contributed by atoms with E-state index in [9.17, 15) is 0 Å². The highest BCUT2D eigenvalue weighted by molar-refractivity contribution is 5.22. The highest BCUT2D eigenvalue weighted by Gasteiger charge is 2.41. The zero-order valence-electron chi connectivity index (χ0n) is 12.1. The molecule has 0 amide bonds. The van der Waals surface area contributed by atoms with Gasteiger partial charge in [0.25, 0.3) is 0 Å². The average molecular weight is 263 g/mol. The van der Waals surface area contributed by atoms with Gasteiger partial charge in [-0.15, -0.1) is 0 Å². The third kappa shape index (κ3) is 4.60. The number of benzene rings is 1. The summed E-state index contributed by atoms with van der Waals surface area (Å²) in [4.78, 5) is 0. The van der Waals surface area contributed by atoms with Crippen molar-refractivity contribution in [1.82, 2.24) is 5.32 Å². The lowest BCUT2D eigenvalue weighted by molar-refractivity contribution is 0.171. The van der Waals surface area contributed by atoms with Gasteiger partial charge in [0.2, 0.25) is 0 Å². The Labute approximate surface area is 116 Å². The molecule has 0 atom stereocenters. The molecule has 106 valence electrons. The van der Waals surface area contributed by atoms with Crippen molar-refractivity contribution in [2.45, 2.75) is 32.4 Å². The first kappa shape index (κ1) is 14.5. The van der Waals surface area contributed by atoms with E-state index in [0.717, 1.165) is 19.7 Å². The van der Waals surface area contributed by atoms with Gasteiger partial charge in [0.15, 0.2) is 0 Å². The molecular formula is C16H25NO2. The van der Waals surface area contributed by atoms with Gasteiger partial charge in [0.1, 0.15) is 0 Å². The van der Waals surface area contributed by atoms with Gasteiger partial charge in [-0.2, -0.15) is 0 Å². The van der Waals surface area contributed by atoms with Crippen molar-refractivity contribution < 1.29 is 9.47 Å². The number of hydrogen-bond acceptors (Lipinski definition) is 3. The van der Waals surface area contributed by atoms with Crippen LogP contribution in [0.3, 0.4) is 0 Å². The van der Waals surface area contributed by atoms with Gasteiger partial charge in [0.05, 0.1) is 6.61 Å². The monoisotopic (exact) mass is 263 g/mol. The average Bonchev–Trinajstić information content (AvgIpc) is 3.18. The predicted octanol–water partition coefficient (Wildman–Crippen LogP) is 2.74. The summed E-state index contributed by atoms with van der Waals surface area (Å²) in [6.45, 7) is 3.60. The first-order valence-electron chi connectivity index (χ1n) is 7.04. The van der Waals surface area contributed by atoms with Gasteiger partial charge in [-0.05, 0) is 35.8 Å². The number of hydrogen-bond donors (Lipinski definition) is 1. The molecule has 0 bridgehead atoms. The standard InChI is InChI=1S/C16H25NO2/c1-18-9-8-16(6-7-16)13-17-11-14-4-3-5-15(10-14)12-19-2/h3-5,10,17H,6-9,11-13H2,1-2H3. The van der Waals surface area contributed by atoms with Crippen molar-refractivity contribution >= 4 is 0 Å². The minimum absolute atomic E-state index is 0.514. The van der Waals surface area contributed by atoms with Crippen molar-refractivity contribution in [1.29, 1.82) is 0 Å². The third-order valence-electron chi connectivity index (χ3n) is 3.93. The second kappa shape index (κ2) is 7.04. The lowest BCUT2D eigenvalue weighted by Crippen LogP contribution is -2.24. The lowest BCUT2D eigenvalue weighted by Gasteiger charge is -2.15. The number of nitrogens with one attached hydrogen (secondary N) is 1. The Bertz CT molecular complexity index is 388. The maximum atomic E-state index is 5.18. The van der Waals surface area contributed by atoms with Gasteiger partial charge in [0, 0.05) is 33.9 Å². The van der Waals surface area contributed by atoms with Crippen LogP contribution >= 0.6 is 0 Å². The van der Waals surface area contributed by atoms with E-state index >= 15 is 0 Å². The molecule has 1 aliphatic carbocycles. The molecule has 1 N–H and O–H groups in total. The van der Waals surface area contributed by atoms with E-state index < -0.39 is 0 Å². The number of rotatable bonds is 9. The molecule has 0 radical (unpaired) electrons. The summed E-state index contributed by atoms with van der Waals surface area (Å²) < 4.78 is 10.3. The molecule has 1 saturated carbocycles. The van der Waals surface area contributed by atoms with Crippen LogP contribution < -0.4 is 5.32 Å². The molecule has 0 spiro atoms. The first-order chi connectivity index (χ1) is 9.28. The van der Waals surface area contributed by atoms with Crippen LogP contribution in [0, 0.1) is 5.41 Å². The van der Waals surface area contributed by atoms with Gasteiger partial charge in [-0.25, -0.2) is 0 Å². The molecule has 0 unspecified atom stereocenters. The molecule has 3 nitrogen and oxygen atoms in total. The summed E-state index contributed by atoms with van der Waals surface area (Å²) in [5.74, 6) is 0. The van der Waals surface area contributed by atoms with Gasteiger partial charge in [-0.3, -0.25) is 0 Å². The summed E-state index contributed by atoms with van der Waals surface area (Å²) in [6, 6.07) is 8.59. The van der Waals surface area contributed by atoms with E-state index in [1.807, 2.05) is 0 Å². The first-order valence-corrected chi connectivity index (χ1v) is 7.04. The summed E-state index contributed by atoms with van der Waals surface area (Å²) in [7, 11) is 3.52. The molecule has 2 rings (SSSR count). The van der Waals surface area contributed by atoms with Gasteiger partial charge >= 0.3 is 0 Å². The quantitative estimate of drug-likeness (QED) is 0.743. The maximum absolute atomic E-state index is 5.18. The Hall–Kier alpha value is -0.900. The number of ether oxygens (including phenoxy) is 2. The maximum Gasteiger partial charge on any atom is 0.0713 e. The SMILES string of the molecule is COCCC1(CNCc2cccc(COC)c2)CC1. The second-order valence-electron chi connectivity index (χ2n) is 5.60. The number of methoxy groups -OCH3 is 2. The smallest absolute Gasteiger partial charge is 0.0713 e. The molecule has 1 aliphatic rings. The van der Waals surface area contributed by atoms with Crippen LogP contribution in [0.4, 0.5) is 0 Å². The molecule has 3 heteroatoms. The fraction of sp³-hybridized carbons (Fsp3) is 0.625. The summed E-state index contributed by atoms with van der Waals surface area (Å²) in [5, 5.41) is 3.59. The fourth-order valence-corrected chi connectivity index (χ4v) is 2.48. The molecule has 1 fully saturated rings. The van der Waals surface area contributed by atoms with Crippen molar-refractivity contribution in [3.63, 3.8) is 0 Å². The van der Waals surface area contributed by atoms with E-state index in [-0.39, 0.29) is 0 Å². The van der Waals surface area contributed by atoms with Crippen molar-refractivity contribution in [3.8, 4) is 0 Å². The van der Waals surface area contributed by atoms with Crippen molar-refractivity contribution in [2.75, 3.05) is 27.4 Å². The Kier molecular flexibility index (Phi) is 5.37. The summed E-state index contributed by atoms with van der Waals surface area (Å²) in [5.41, 5.74) is 3.08. The zero-order chi connectivity index (χ0) is 13.6. The Morgan fingerprint density at radius 3 is 2.63 bits per heavy atom. The van der Waals surface area contributed by atoms with Crippen LogP contribution in [0.1, 0.15) is 30.4 Å². The van der Waals surface area contributed by atoms with Crippen LogP contribution in [0.5, 0.6) is 0 Å². The van der Waals surface area contributed by atoms with Crippen LogP contribution in [-0.4, -0.2) is 27.4 Å². The van der Waals surface area contributed by atoms with E-state index in [2.05, 4.69) is 29.6 Å². The molecule has 1 aromatic rings. The molecule has 19 heavy (non-hydrogen) atoms. The van der Waals surface area contributed by atoms with Crippen LogP contribution in [0.25, 0.3) is 0 Å². The summed E-state index contributed by atoms with van der Waals surface area (Å²) in [6.07, 6.45) is 3.86. The molecule has 0 heterocycles. The molecule has 0 saturated heterocycles. The minimum Gasteiger partial charge on any atom is -0.385 e. The molecule has 1 aromatic carbocycles. The normalized spacial score (nSPS) is 16.5. The Balaban J connectivity index is 1.75. The molecular weight excluding hydrogens is 238 g/mol. The largest absolute Gasteiger partial charge is 0.385 e. The summed E-state index contributed by atoms with van der Waals surface area (Å²) >= 11 is 0.